The van der Waals surface area contributed by atoms with Crippen LogP contribution in [-0.4, -0.2) is 22.5 Å². The van der Waals surface area contributed by atoms with E-state index < -0.39 is 0 Å². The third-order valence-corrected chi connectivity index (χ3v) is 3.46. The number of aryl methyl sites for hydroxylation is 1. The van der Waals surface area contributed by atoms with Gasteiger partial charge in [-0.2, -0.15) is 4.98 Å². The van der Waals surface area contributed by atoms with Crippen LogP contribution < -0.4 is 4.90 Å². The van der Waals surface area contributed by atoms with E-state index in [4.69, 9.17) is 4.52 Å². The quantitative estimate of drug-likeness (QED) is 0.855. The molecule has 0 aliphatic carbocycles. The lowest BCUT2D eigenvalue weighted by Crippen LogP contribution is -2.31. The van der Waals surface area contributed by atoms with Crippen molar-refractivity contribution in [3.8, 4) is 0 Å². The first-order valence-electron chi connectivity index (χ1n) is 6.96. The normalized spacial score (nSPS) is 14.4. The number of carbonyl (C=O) groups excluding carboxylic acids is 1. The summed E-state index contributed by atoms with van der Waals surface area (Å²) in [5, 5.41) is 4.01. The van der Waals surface area contributed by atoms with E-state index in [9.17, 15) is 4.79 Å². The standard InChI is InChI=1S/C15H17N3O2/c1-2-5-15-16-14(17-20-15)10-18-9-8-13(19)11-6-3-4-7-12(11)18/h3-4,6-7H,2,5,8-10H2,1H3. The number of Topliss-reactive ketones (excluding diaryl/α,β-unsaturated/α-hetero) is 1. The van der Waals surface area contributed by atoms with Gasteiger partial charge in [0.05, 0.1) is 6.54 Å². The number of benzene rings is 1. The van der Waals surface area contributed by atoms with Crippen LogP contribution in [0.15, 0.2) is 28.8 Å². The molecule has 0 spiro atoms. The molecular formula is C15H17N3O2. The molecule has 2 aromatic rings. The lowest BCUT2D eigenvalue weighted by atomic mass is 10.0. The molecule has 104 valence electrons. The van der Waals surface area contributed by atoms with E-state index in [1.807, 2.05) is 24.3 Å². The summed E-state index contributed by atoms with van der Waals surface area (Å²) in [6.45, 7) is 3.36. The number of aromatic nitrogens is 2. The molecule has 0 bridgehead atoms. The molecule has 0 saturated carbocycles. The molecule has 1 aromatic heterocycles. The van der Waals surface area contributed by atoms with Crippen molar-refractivity contribution in [2.75, 3.05) is 11.4 Å². The van der Waals surface area contributed by atoms with Crippen molar-refractivity contribution in [2.45, 2.75) is 32.7 Å². The van der Waals surface area contributed by atoms with Crippen LogP contribution >= 0.6 is 0 Å². The van der Waals surface area contributed by atoms with Crippen molar-refractivity contribution in [3.63, 3.8) is 0 Å². The summed E-state index contributed by atoms with van der Waals surface area (Å²) in [5.41, 5.74) is 1.75. The first-order valence-corrected chi connectivity index (χ1v) is 6.96. The predicted octanol–water partition coefficient (Wildman–Crippen LogP) is 2.62. The molecule has 5 heteroatoms. The first-order chi connectivity index (χ1) is 9.78. The van der Waals surface area contributed by atoms with Crippen molar-refractivity contribution < 1.29 is 9.32 Å². The Hall–Kier alpha value is -2.17. The second-order valence-electron chi connectivity index (χ2n) is 4.97. The lowest BCUT2D eigenvalue weighted by Gasteiger charge is -2.29. The van der Waals surface area contributed by atoms with Gasteiger partial charge in [-0.3, -0.25) is 4.79 Å². The average Bonchev–Trinajstić information content (AvgIpc) is 2.90. The molecule has 3 rings (SSSR count). The molecule has 0 N–H and O–H groups in total. The maximum Gasteiger partial charge on any atom is 0.226 e. The molecule has 1 aliphatic rings. The van der Waals surface area contributed by atoms with E-state index in [1.165, 1.54) is 0 Å². The van der Waals surface area contributed by atoms with Gasteiger partial charge in [0, 0.05) is 30.6 Å². The number of anilines is 1. The number of carbonyl (C=O) groups is 1. The first kappa shape index (κ1) is 12.8. The number of hydrogen-bond acceptors (Lipinski definition) is 5. The van der Waals surface area contributed by atoms with Crippen molar-refractivity contribution in [3.05, 3.63) is 41.5 Å². The molecule has 0 fully saturated rings. The highest BCUT2D eigenvalue weighted by molar-refractivity contribution is 6.03. The molecule has 0 saturated heterocycles. The monoisotopic (exact) mass is 271 g/mol. The largest absolute Gasteiger partial charge is 0.363 e. The third-order valence-electron chi connectivity index (χ3n) is 3.46. The Morgan fingerprint density at radius 1 is 1.35 bits per heavy atom. The number of ketones is 1. The SMILES string of the molecule is CCCc1nc(CN2CCC(=O)c3ccccc32)no1. The van der Waals surface area contributed by atoms with Crippen molar-refractivity contribution in [1.82, 2.24) is 10.1 Å². The van der Waals surface area contributed by atoms with Crippen LogP contribution in [0, 0.1) is 0 Å². The maximum atomic E-state index is 11.9. The van der Waals surface area contributed by atoms with Crippen LogP contribution in [0.4, 0.5) is 5.69 Å². The Balaban J connectivity index is 1.81. The third kappa shape index (κ3) is 2.43. The van der Waals surface area contributed by atoms with E-state index >= 15 is 0 Å². The van der Waals surface area contributed by atoms with Crippen molar-refractivity contribution in [1.29, 1.82) is 0 Å². The number of nitrogens with zero attached hydrogens (tertiary/aromatic N) is 3. The van der Waals surface area contributed by atoms with Crippen molar-refractivity contribution in [2.24, 2.45) is 0 Å². The number of hydrogen-bond donors (Lipinski definition) is 0. The van der Waals surface area contributed by atoms with Gasteiger partial charge in [0.25, 0.3) is 0 Å². The fourth-order valence-electron chi connectivity index (χ4n) is 2.48. The Labute approximate surface area is 117 Å². The number of fused-ring (bicyclic) bond motifs is 1. The average molecular weight is 271 g/mol. The molecule has 0 atom stereocenters. The van der Waals surface area contributed by atoms with Gasteiger partial charge < -0.3 is 9.42 Å². The summed E-state index contributed by atoms with van der Waals surface area (Å²) in [7, 11) is 0. The molecule has 0 radical (unpaired) electrons. The van der Waals surface area contributed by atoms with E-state index in [1.54, 1.807) is 0 Å². The highest BCUT2D eigenvalue weighted by atomic mass is 16.5. The zero-order valence-electron chi connectivity index (χ0n) is 11.5. The maximum absolute atomic E-state index is 11.9. The fraction of sp³-hybridized carbons (Fsp3) is 0.400. The highest BCUT2D eigenvalue weighted by Crippen LogP contribution is 2.27. The second kappa shape index (κ2) is 5.45. The Morgan fingerprint density at radius 3 is 3.05 bits per heavy atom. The molecule has 1 aliphatic heterocycles. The van der Waals surface area contributed by atoms with E-state index in [2.05, 4.69) is 22.0 Å². The van der Waals surface area contributed by atoms with E-state index in [0.717, 1.165) is 24.1 Å². The van der Waals surface area contributed by atoms with Gasteiger partial charge in [-0.1, -0.05) is 24.2 Å². The molecule has 5 nitrogen and oxygen atoms in total. The smallest absolute Gasteiger partial charge is 0.226 e. The van der Waals surface area contributed by atoms with Gasteiger partial charge in [0.1, 0.15) is 0 Å². The minimum absolute atomic E-state index is 0.205. The Morgan fingerprint density at radius 2 is 2.20 bits per heavy atom. The van der Waals surface area contributed by atoms with Crippen LogP contribution in [0.3, 0.4) is 0 Å². The van der Waals surface area contributed by atoms with Crippen molar-refractivity contribution >= 4 is 11.5 Å². The summed E-state index contributed by atoms with van der Waals surface area (Å²) in [5.74, 6) is 1.57. The molecule has 20 heavy (non-hydrogen) atoms. The summed E-state index contributed by atoms with van der Waals surface area (Å²) in [6, 6.07) is 7.69. The zero-order chi connectivity index (χ0) is 13.9. The summed E-state index contributed by atoms with van der Waals surface area (Å²) in [4.78, 5) is 18.4. The van der Waals surface area contributed by atoms with Crippen LogP contribution in [0.5, 0.6) is 0 Å². The molecule has 2 heterocycles. The Bertz CT molecular complexity index is 621. The van der Waals surface area contributed by atoms with E-state index in [0.29, 0.717) is 31.2 Å². The minimum Gasteiger partial charge on any atom is -0.363 e. The van der Waals surface area contributed by atoms with E-state index in [-0.39, 0.29) is 5.78 Å². The molecule has 1 aromatic carbocycles. The fourth-order valence-corrected chi connectivity index (χ4v) is 2.48. The zero-order valence-corrected chi connectivity index (χ0v) is 11.5. The van der Waals surface area contributed by atoms with Gasteiger partial charge in [-0.15, -0.1) is 0 Å². The Kier molecular flexibility index (Phi) is 3.50. The molecular weight excluding hydrogens is 254 g/mol. The topological polar surface area (TPSA) is 59.2 Å². The van der Waals surface area contributed by atoms with Crippen LogP contribution in [0.2, 0.25) is 0 Å². The number of rotatable bonds is 4. The van der Waals surface area contributed by atoms with Gasteiger partial charge >= 0.3 is 0 Å². The summed E-state index contributed by atoms with van der Waals surface area (Å²) in [6.07, 6.45) is 2.33. The van der Waals surface area contributed by atoms with Gasteiger partial charge in [-0.25, -0.2) is 0 Å². The second-order valence-corrected chi connectivity index (χ2v) is 4.97. The summed E-state index contributed by atoms with van der Waals surface area (Å²) < 4.78 is 5.20. The van der Waals surface area contributed by atoms with Crippen LogP contribution in [0.25, 0.3) is 0 Å². The highest BCUT2D eigenvalue weighted by Gasteiger charge is 2.23. The number of para-hydroxylation sites is 1. The van der Waals surface area contributed by atoms with Gasteiger partial charge in [0.2, 0.25) is 5.89 Å². The molecule has 0 amide bonds. The van der Waals surface area contributed by atoms with Crippen LogP contribution in [0.1, 0.15) is 41.8 Å². The van der Waals surface area contributed by atoms with Crippen LogP contribution in [-0.2, 0) is 13.0 Å². The predicted molar refractivity (Wildman–Crippen MR) is 74.7 cm³/mol. The van der Waals surface area contributed by atoms with Gasteiger partial charge in [0.15, 0.2) is 11.6 Å². The minimum atomic E-state index is 0.205. The van der Waals surface area contributed by atoms with Gasteiger partial charge in [-0.05, 0) is 18.6 Å². The lowest BCUT2D eigenvalue weighted by molar-refractivity contribution is 0.0979. The molecule has 0 unspecified atom stereocenters. The summed E-state index contributed by atoms with van der Waals surface area (Å²) >= 11 is 0.